The summed E-state index contributed by atoms with van der Waals surface area (Å²) in [6.07, 6.45) is -5.62. The Bertz CT molecular complexity index is 1390. The molecule has 0 saturated heterocycles. The van der Waals surface area contributed by atoms with Crippen molar-refractivity contribution in [2.75, 3.05) is 5.32 Å². The number of pyridine rings is 1. The maximum absolute atomic E-state index is 14.6. The maximum atomic E-state index is 14.6. The van der Waals surface area contributed by atoms with Gasteiger partial charge in [0.2, 0.25) is 5.82 Å². The van der Waals surface area contributed by atoms with Gasteiger partial charge in [-0.2, -0.15) is 4.39 Å². The molecular weight excluding hydrogens is 547 g/mol. The second-order valence-corrected chi connectivity index (χ2v) is 8.71. The number of benzene rings is 1. The first-order valence-corrected chi connectivity index (χ1v) is 11.8. The van der Waals surface area contributed by atoms with Crippen LogP contribution < -0.4 is 20.9 Å². The maximum Gasteiger partial charge on any atom is 0.573 e. The Balaban J connectivity index is 1.50. The highest BCUT2D eigenvalue weighted by atomic mass is 19.4. The van der Waals surface area contributed by atoms with E-state index in [0.717, 1.165) is 27.4 Å². The minimum absolute atomic E-state index is 0.134. The number of carbonyl (C=O) groups excluding carboxylic acids is 2. The molecule has 2 heterocycles. The van der Waals surface area contributed by atoms with Crippen LogP contribution in [-0.2, 0) is 24.4 Å². The lowest BCUT2D eigenvalue weighted by Crippen LogP contribution is -2.27. The van der Waals surface area contributed by atoms with Gasteiger partial charge in [-0.15, -0.1) is 18.3 Å². The van der Waals surface area contributed by atoms with Crippen molar-refractivity contribution in [3.05, 3.63) is 70.2 Å². The third kappa shape index (κ3) is 9.06. The molecule has 0 bridgehead atoms. The average Bonchev–Trinajstić information content (AvgIpc) is 3.32. The van der Waals surface area contributed by atoms with E-state index in [4.69, 9.17) is 4.74 Å². The molecule has 0 aliphatic heterocycles. The monoisotopic (exact) mass is 572 g/mol. The lowest BCUT2D eigenvalue weighted by Gasteiger charge is -2.12. The van der Waals surface area contributed by atoms with E-state index in [0.29, 0.717) is 5.56 Å². The fourth-order valence-corrected chi connectivity index (χ4v) is 3.36. The molecule has 216 valence electrons. The minimum Gasteiger partial charge on any atom is -0.447 e. The van der Waals surface area contributed by atoms with Crippen molar-refractivity contribution in [1.29, 1.82) is 0 Å². The van der Waals surface area contributed by atoms with E-state index in [2.05, 4.69) is 25.7 Å². The van der Waals surface area contributed by atoms with Gasteiger partial charge in [-0.05, 0) is 44.0 Å². The van der Waals surface area contributed by atoms with Gasteiger partial charge in [0.15, 0.2) is 5.69 Å². The molecule has 0 aliphatic rings. The van der Waals surface area contributed by atoms with Crippen molar-refractivity contribution in [3.63, 3.8) is 0 Å². The number of hydrogen-bond acceptors (Lipinski definition) is 7. The number of alkyl halides is 4. The number of anilines is 1. The van der Waals surface area contributed by atoms with Gasteiger partial charge in [0.25, 0.3) is 11.5 Å². The zero-order chi connectivity index (χ0) is 29.4. The summed E-state index contributed by atoms with van der Waals surface area (Å²) in [6, 6.07) is 6.19. The van der Waals surface area contributed by atoms with Gasteiger partial charge in [0, 0.05) is 19.3 Å². The lowest BCUT2D eigenvalue weighted by atomic mass is 10.2. The number of aryl methyl sites for hydroxylation is 1. The van der Waals surface area contributed by atoms with Crippen molar-refractivity contribution >= 4 is 17.7 Å². The molecular formula is C24H25F5N6O5. The highest BCUT2D eigenvalue weighted by Gasteiger charge is 2.31. The van der Waals surface area contributed by atoms with Gasteiger partial charge >= 0.3 is 12.5 Å². The molecule has 40 heavy (non-hydrogen) atoms. The fraction of sp³-hybridized carbons (Fsp3) is 0.375. The molecule has 16 heteroatoms. The summed E-state index contributed by atoms with van der Waals surface area (Å²) in [5.74, 6) is -2.37. The quantitative estimate of drug-likeness (QED) is 0.335. The van der Waals surface area contributed by atoms with Crippen LogP contribution in [0.5, 0.6) is 5.75 Å². The normalized spacial score (nSPS) is 12.2. The summed E-state index contributed by atoms with van der Waals surface area (Å²) in [7, 11) is 0. The largest absolute Gasteiger partial charge is 0.573 e. The van der Waals surface area contributed by atoms with E-state index < -0.39 is 47.8 Å². The first-order chi connectivity index (χ1) is 18.8. The molecule has 1 aromatic carbocycles. The van der Waals surface area contributed by atoms with Gasteiger partial charge in [-0.3, -0.25) is 14.9 Å². The average molecular weight is 572 g/mol. The summed E-state index contributed by atoms with van der Waals surface area (Å²) in [5.41, 5.74) is -1.27. The molecule has 0 saturated carbocycles. The molecule has 3 aromatic rings. The Morgan fingerprint density at radius 1 is 1.18 bits per heavy atom. The Kier molecular flexibility index (Phi) is 9.79. The number of nitrogens with one attached hydrogen (secondary N) is 2. The van der Waals surface area contributed by atoms with Crippen molar-refractivity contribution in [2.45, 2.75) is 58.5 Å². The van der Waals surface area contributed by atoms with Crippen LogP contribution >= 0.6 is 0 Å². The molecule has 0 spiro atoms. The van der Waals surface area contributed by atoms with Gasteiger partial charge in [-0.1, -0.05) is 17.3 Å². The predicted molar refractivity (Wildman–Crippen MR) is 130 cm³/mol. The molecule has 0 fully saturated rings. The number of amides is 2. The van der Waals surface area contributed by atoms with E-state index in [-0.39, 0.29) is 37.4 Å². The van der Waals surface area contributed by atoms with E-state index in [1.54, 1.807) is 13.8 Å². The van der Waals surface area contributed by atoms with Crippen molar-refractivity contribution in [2.24, 2.45) is 0 Å². The summed E-state index contributed by atoms with van der Waals surface area (Å²) in [4.78, 5) is 36.2. The van der Waals surface area contributed by atoms with Crippen molar-refractivity contribution < 1.29 is 41.0 Å². The minimum atomic E-state index is -4.85. The molecule has 2 aromatic heterocycles. The molecule has 11 nitrogen and oxygen atoms in total. The topological polar surface area (TPSA) is 129 Å². The first-order valence-electron chi connectivity index (χ1n) is 11.8. The Hall–Kier alpha value is -4.50. The van der Waals surface area contributed by atoms with Crippen LogP contribution in [0.1, 0.15) is 36.3 Å². The molecule has 1 atom stereocenters. The van der Waals surface area contributed by atoms with E-state index in [1.165, 1.54) is 24.5 Å². The summed E-state index contributed by atoms with van der Waals surface area (Å²) in [5, 5.41) is 11.9. The Labute approximate surface area is 223 Å². The zero-order valence-corrected chi connectivity index (χ0v) is 21.2. The summed E-state index contributed by atoms with van der Waals surface area (Å²) < 4.78 is 76.7. The number of carbonyl (C=O) groups is 2. The van der Waals surface area contributed by atoms with Crippen LogP contribution in [0.25, 0.3) is 0 Å². The van der Waals surface area contributed by atoms with Crippen LogP contribution in [0, 0.1) is 5.82 Å². The lowest BCUT2D eigenvalue weighted by molar-refractivity contribution is -0.274. The van der Waals surface area contributed by atoms with Gasteiger partial charge in [0.1, 0.15) is 11.9 Å². The number of nitrogens with zero attached hydrogens (tertiary/aromatic N) is 4. The fourth-order valence-electron chi connectivity index (χ4n) is 3.36. The van der Waals surface area contributed by atoms with Crippen LogP contribution in [-0.4, -0.2) is 50.2 Å². The van der Waals surface area contributed by atoms with Crippen LogP contribution in [0.15, 0.2) is 47.5 Å². The molecule has 1 unspecified atom stereocenters. The van der Waals surface area contributed by atoms with Crippen molar-refractivity contribution in [1.82, 2.24) is 24.9 Å². The predicted octanol–water partition coefficient (Wildman–Crippen LogP) is 3.79. The Morgan fingerprint density at radius 3 is 2.62 bits per heavy atom. The molecule has 0 radical (unpaired) electrons. The van der Waals surface area contributed by atoms with E-state index in [1.807, 2.05) is 0 Å². The highest BCUT2D eigenvalue weighted by Crippen LogP contribution is 2.23. The van der Waals surface area contributed by atoms with Gasteiger partial charge in [0.05, 0.1) is 24.5 Å². The summed E-state index contributed by atoms with van der Waals surface area (Å²) in [6.45, 7) is 2.55. The smallest absolute Gasteiger partial charge is 0.447 e. The van der Waals surface area contributed by atoms with Crippen LogP contribution in [0.2, 0.25) is 0 Å². The number of ether oxygens (including phenoxy) is 2. The van der Waals surface area contributed by atoms with Gasteiger partial charge in [-0.25, -0.2) is 13.9 Å². The number of aromatic nitrogens is 4. The SMILES string of the molecule is CC(C)OC(=O)Nc1ccn(CCC(F)Cn2cc(C(=O)NCc3cccc(OC(F)(F)F)c3)nn2)c(=O)c1F. The number of hydrogen-bond donors (Lipinski definition) is 2. The number of rotatable bonds is 11. The first kappa shape index (κ1) is 30.0. The highest BCUT2D eigenvalue weighted by molar-refractivity contribution is 5.91. The second-order valence-electron chi connectivity index (χ2n) is 8.71. The van der Waals surface area contributed by atoms with Gasteiger partial charge < -0.3 is 19.4 Å². The molecule has 3 rings (SSSR count). The molecule has 2 N–H and O–H groups in total. The summed E-state index contributed by atoms with van der Waals surface area (Å²) >= 11 is 0. The van der Waals surface area contributed by atoms with Crippen molar-refractivity contribution in [3.8, 4) is 5.75 Å². The zero-order valence-electron chi connectivity index (χ0n) is 21.2. The standard InChI is InChI=1S/C24H25F5N6O5/c1-14(2)39-23(38)31-18-7-9-34(22(37)20(18)26)8-6-16(25)12-35-13-19(32-33-35)21(36)30-11-15-4-3-5-17(10-15)40-24(27,28)29/h3-5,7,9-10,13-14,16H,6,8,11-12H2,1-2H3,(H,30,36)(H,31,38). The third-order valence-electron chi connectivity index (χ3n) is 5.11. The van der Waals surface area contributed by atoms with E-state index in [9.17, 15) is 36.3 Å². The number of halogens is 5. The van der Waals surface area contributed by atoms with Crippen LogP contribution in [0.4, 0.5) is 32.4 Å². The Morgan fingerprint density at radius 2 is 1.93 bits per heavy atom. The second kappa shape index (κ2) is 13.0. The molecule has 0 aliphatic carbocycles. The molecule has 2 amide bonds. The third-order valence-corrected chi connectivity index (χ3v) is 5.11. The van der Waals surface area contributed by atoms with Crippen LogP contribution in [0.3, 0.4) is 0 Å². The van der Waals surface area contributed by atoms with E-state index >= 15 is 0 Å².